The second-order valence-electron chi connectivity index (χ2n) is 7.30. The second kappa shape index (κ2) is 10.1. The Morgan fingerprint density at radius 2 is 1.94 bits per heavy atom. The summed E-state index contributed by atoms with van der Waals surface area (Å²) < 4.78 is 26.6. The summed E-state index contributed by atoms with van der Waals surface area (Å²) in [7, 11) is -4.61. The molecular formula is C22H23N4O6P. The van der Waals surface area contributed by atoms with E-state index in [-0.39, 0.29) is 6.73 Å². The standard InChI is InChI=1S/C22H23N4O6P/c23-22-19(4-3-11-26(22)15-31-33(27,28)29)20-13-18(25-32-20)12-16-6-8-17(9-7-16)14-30-21-5-1-2-10-24-21/h1-11,13,22H,12,14-15,23H2,(H2,27,28,29). The number of phosphoric acid groups is 1. The molecule has 0 aliphatic carbocycles. The van der Waals surface area contributed by atoms with Crippen molar-refractivity contribution in [3.8, 4) is 5.88 Å². The Bertz CT molecular complexity index is 1170. The maximum absolute atomic E-state index is 11.0. The largest absolute Gasteiger partial charge is 0.473 e. The highest BCUT2D eigenvalue weighted by Gasteiger charge is 2.25. The summed E-state index contributed by atoms with van der Waals surface area (Å²) >= 11 is 0. The molecule has 11 heteroatoms. The number of hydrogen-bond acceptors (Lipinski definition) is 8. The Hall–Kier alpha value is -3.27. The highest BCUT2D eigenvalue weighted by Crippen LogP contribution is 2.36. The molecule has 0 fully saturated rings. The third kappa shape index (κ3) is 6.38. The predicted molar refractivity (Wildman–Crippen MR) is 119 cm³/mol. The lowest BCUT2D eigenvalue weighted by molar-refractivity contribution is 0.110. The number of phosphoric ester groups is 1. The molecule has 3 heterocycles. The fourth-order valence-electron chi connectivity index (χ4n) is 3.20. The van der Waals surface area contributed by atoms with Gasteiger partial charge in [0.15, 0.2) is 5.76 Å². The average Bonchev–Trinajstić information content (AvgIpc) is 3.26. The highest BCUT2D eigenvalue weighted by atomic mass is 31.2. The number of benzene rings is 1. The Morgan fingerprint density at radius 3 is 2.67 bits per heavy atom. The smallest absolute Gasteiger partial charge is 0.471 e. The highest BCUT2D eigenvalue weighted by molar-refractivity contribution is 7.46. The number of pyridine rings is 1. The SMILES string of the molecule is NC1C(c2cc(Cc3ccc(COc4ccccn4)cc3)no2)=CC=CN1COP(=O)(O)O. The van der Waals surface area contributed by atoms with E-state index >= 15 is 0 Å². The quantitative estimate of drug-likeness (QED) is 0.399. The first-order valence-corrected chi connectivity index (χ1v) is 11.6. The summed E-state index contributed by atoms with van der Waals surface area (Å²) in [5.41, 5.74) is 9.62. The van der Waals surface area contributed by atoms with Crippen molar-refractivity contribution in [2.75, 3.05) is 6.73 Å². The van der Waals surface area contributed by atoms with Crippen LogP contribution >= 0.6 is 7.82 Å². The first-order chi connectivity index (χ1) is 15.9. The molecule has 3 aromatic rings. The van der Waals surface area contributed by atoms with Crippen molar-refractivity contribution in [3.05, 3.63) is 95.7 Å². The summed E-state index contributed by atoms with van der Waals surface area (Å²) in [5, 5.41) is 4.13. The van der Waals surface area contributed by atoms with Gasteiger partial charge in [-0.2, -0.15) is 0 Å². The van der Waals surface area contributed by atoms with Crippen molar-refractivity contribution in [3.63, 3.8) is 0 Å². The van der Waals surface area contributed by atoms with E-state index in [1.807, 2.05) is 42.5 Å². The summed E-state index contributed by atoms with van der Waals surface area (Å²) in [4.78, 5) is 23.4. The maximum Gasteiger partial charge on any atom is 0.471 e. The minimum absolute atomic E-state index is 0.364. The summed E-state index contributed by atoms with van der Waals surface area (Å²) in [6, 6.07) is 15.3. The van der Waals surface area contributed by atoms with Gasteiger partial charge < -0.3 is 29.7 Å². The average molecular weight is 470 g/mol. The minimum Gasteiger partial charge on any atom is -0.473 e. The third-order valence-corrected chi connectivity index (χ3v) is 5.33. The lowest BCUT2D eigenvalue weighted by Crippen LogP contribution is -2.41. The predicted octanol–water partition coefficient (Wildman–Crippen LogP) is 2.80. The molecule has 1 aliphatic heterocycles. The molecule has 0 bridgehead atoms. The molecule has 1 aliphatic rings. The van der Waals surface area contributed by atoms with E-state index in [9.17, 15) is 4.57 Å². The van der Waals surface area contributed by atoms with Crippen LogP contribution in [0, 0.1) is 0 Å². The van der Waals surface area contributed by atoms with E-state index in [0.29, 0.717) is 30.2 Å². The monoisotopic (exact) mass is 470 g/mol. The number of hydrogen-bond donors (Lipinski definition) is 3. The maximum atomic E-state index is 11.0. The van der Waals surface area contributed by atoms with E-state index in [4.69, 9.17) is 24.8 Å². The van der Waals surface area contributed by atoms with Crippen LogP contribution in [0.5, 0.6) is 5.88 Å². The van der Waals surface area contributed by atoms with Crippen LogP contribution in [0.4, 0.5) is 0 Å². The van der Waals surface area contributed by atoms with Crippen LogP contribution in [0.15, 0.2) is 77.6 Å². The number of ether oxygens (including phenoxy) is 1. The van der Waals surface area contributed by atoms with Crippen molar-refractivity contribution in [2.45, 2.75) is 19.2 Å². The van der Waals surface area contributed by atoms with Crippen LogP contribution in [0.1, 0.15) is 22.6 Å². The van der Waals surface area contributed by atoms with Gasteiger partial charge in [-0.1, -0.05) is 41.6 Å². The molecule has 10 nitrogen and oxygen atoms in total. The van der Waals surface area contributed by atoms with Crippen molar-refractivity contribution in [1.82, 2.24) is 15.0 Å². The Labute approximate surface area is 190 Å². The molecule has 1 aromatic carbocycles. The molecule has 0 spiro atoms. The van der Waals surface area contributed by atoms with Crippen molar-refractivity contribution < 1.29 is 28.1 Å². The van der Waals surface area contributed by atoms with Gasteiger partial charge in [-0.05, 0) is 23.3 Å². The van der Waals surface area contributed by atoms with Crippen LogP contribution in [0.25, 0.3) is 5.57 Å². The van der Waals surface area contributed by atoms with Gasteiger partial charge in [0.25, 0.3) is 0 Å². The molecule has 0 radical (unpaired) electrons. The molecule has 1 unspecified atom stereocenters. The van der Waals surface area contributed by atoms with Gasteiger partial charge in [0.05, 0.1) is 5.69 Å². The number of aromatic nitrogens is 2. The van der Waals surface area contributed by atoms with E-state index in [1.54, 1.807) is 30.6 Å². The zero-order valence-corrected chi connectivity index (χ0v) is 18.4. The van der Waals surface area contributed by atoms with Gasteiger partial charge in [0.2, 0.25) is 5.88 Å². The first kappa shape index (κ1) is 22.9. The molecule has 0 saturated heterocycles. The summed E-state index contributed by atoms with van der Waals surface area (Å²) in [6.45, 7) is 0.0594. The molecule has 2 aromatic heterocycles. The van der Waals surface area contributed by atoms with Gasteiger partial charge >= 0.3 is 7.82 Å². The Morgan fingerprint density at radius 1 is 1.15 bits per heavy atom. The second-order valence-corrected chi connectivity index (χ2v) is 8.54. The van der Waals surface area contributed by atoms with Crippen LogP contribution < -0.4 is 10.5 Å². The van der Waals surface area contributed by atoms with Gasteiger partial charge in [-0.25, -0.2) is 9.55 Å². The minimum atomic E-state index is -4.61. The molecule has 33 heavy (non-hydrogen) atoms. The van der Waals surface area contributed by atoms with Crippen LogP contribution in [-0.2, 0) is 22.1 Å². The molecule has 4 N–H and O–H groups in total. The molecule has 172 valence electrons. The normalized spacial score (nSPS) is 16.0. The van der Waals surface area contributed by atoms with Gasteiger partial charge in [0, 0.05) is 36.5 Å². The molecule has 4 rings (SSSR count). The molecule has 0 amide bonds. The number of allylic oxidation sites excluding steroid dienone is 2. The lowest BCUT2D eigenvalue weighted by atomic mass is 10.0. The third-order valence-electron chi connectivity index (χ3n) is 4.88. The lowest BCUT2D eigenvalue weighted by Gasteiger charge is -2.30. The Kier molecular flexibility index (Phi) is 7.02. The van der Waals surface area contributed by atoms with Crippen LogP contribution in [-0.4, -0.2) is 37.7 Å². The van der Waals surface area contributed by atoms with Gasteiger partial charge in [-0.3, -0.25) is 4.52 Å². The number of nitrogens with zero attached hydrogens (tertiary/aromatic N) is 3. The zero-order chi connectivity index (χ0) is 23.3. The number of rotatable bonds is 9. The summed E-state index contributed by atoms with van der Waals surface area (Å²) in [6.07, 6.45) is 6.58. The number of nitrogens with two attached hydrogens (primary N) is 1. The van der Waals surface area contributed by atoms with Crippen LogP contribution in [0.2, 0.25) is 0 Å². The van der Waals surface area contributed by atoms with E-state index < -0.39 is 14.0 Å². The molecule has 1 atom stereocenters. The van der Waals surface area contributed by atoms with Gasteiger partial charge in [-0.15, -0.1) is 0 Å². The van der Waals surface area contributed by atoms with E-state index in [0.717, 1.165) is 16.8 Å². The molecular weight excluding hydrogens is 447 g/mol. The van der Waals surface area contributed by atoms with E-state index in [1.165, 1.54) is 4.90 Å². The van der Waals surface area contributed by atoms with Crippen molar-refractivity contribution >= 4 is 13.4 Å². The van der Waals surface area contributed by atoms with Crippen LogP contribution in [0.3, 0.4) is 0 Å². The first-order valence-electron chi connectivity index (χ1n) is 10.0. The van der Waals surface area contributed by atoms with Crippen molar-refractivity contribution in [2.24, 2.45) is 5.73 Å². The van der Waals surface area contributed by atoms with E-state index in [2.05, 4.69) is 14.7 Å². The molecule has 0 saturated carbocycles. The fraction of sp³-hybridized carbons (Fsp3) is 0.182. The van der Waals surface area contributed by atoms with Gasteiger partial charge in [0.1, 0.15) is 19.5 Å². The van der Waals surface area contributed by atoms with Crippen molar-refractivity contribution in [1.29, 1.82) is 0 Å². The summed E-state index contributed by atoms with van der Waals surface area (Å²) in [5.74, 6) is 1.05. The zero-order valence-electron chi connectivity index (χ0n) is 17.5. The topological polar surface area (TPSA) is 144 Å². The fourth-order valence-corrected chi connectivity index (χ4v) is 3.49. The Balaban J connectivity index is 1.35.